The molecule has 4 nitrogen and oxygen atoms in total. The second kappa shape index (κ2) is 7.42. The van der Waals surface area contributed by atoms with E-state index < -0.39 is 10.0 Å². The van der Waals surface area contributed by atoms with E-state index in [1.807, 2.05) is 12.1 Å². The zero-order valence-corrected chi connectivity index (χ0v) is 10.9. The molecule has 17 heavy (non-hydrogen) atoms. The summed E-state index contributed by atoms with van der Waals surface area (Å²) in [5.41, 5.74) is 0.960. The SMILES string of the molecule is O=S(=O)(CCc1ccncc1)NC/C=C/CCl. The lowest BCUT2D eigenvalue weighted by atomic mass is 10.2. The van der Waals surface area contributed by atoms with Gasteiger partial charge < -0.3 is 0 Å². The van der Waals surface area contributed by atoms with Gasteiger partial charge in [0.2, 0.25) is 10.0 Å². The number of nitrogens with one attached hydrogen (secondary N) is 1. The molecule has 0 aromatic carbocycles. The highest BCUT2D eigenvalue weighted by atomic mass is 35.5. The van der Waals surface area contributed by atoms with Crippen molar-refractivity contribution in [2.75, 3.05) is 18.2 Å². The highest BCUT2D eigenvalue weighted by Crippen LogP contribution is 1.99. The minimum atomic E-state index is -3.22. The molecule has 1 rings (SSSR count). The van der Waals surface area contributed by atoms with Gasteiger partial charge >= 0.3 is 0 Å². The lowest BCUT2D eigenvalue weighted by Gasteiger charge is -2.04. The highest BCUT2D eigenvalue weighted by molar-refractivity contribution is 7.89. The summed E-state index contributed by atoms with van der Waals surface area (Å²) in [4.78, 5) is 3.87. The van der Waals surface area contributed by atoms with E-state index in [1.165, 1.54) is 0 Å². The maximum atomic E-state index is 11.6. The zero-order valence-electron chi connectivity index (χ0n) is 9.34. The maximum Gasteiger partial charge on any atom is 0.212 e. The van der Waals surface area contributed by atoms with Gasteiger partial charge in [-0.15, -0.1) is 11.6 Å². The molecule has 94 valence electrons. The van der Waals surface area contributed by atoms with Crippen LogP contribution in [-0.2, 0) is 16.4 Å². The molecular formula is C11H15ClN2O2S. The third kappa shape index (κ3) is 6.41. The monoisotopic (exact) mass is 274 g/mol. The Morgan fingerprint density at radius 2 is 2.00 bits per heavy atom. The molecule has 1 N–H and O–H groups in total. The summed E-state index contributed by atoms with van der Waals surface area (Å²) in [6.45, 7) is 0.283. The van der Waals surface area contributed by atoms with Crippen LogP contribution in [0.25, 0.3) is 0 Å². The number of hydrogen-bond acceptors (Lipinski definition) is 3. The number of nitrogens with zero attached hydrogens (tertiary/aromatic N) is 1. The molecule has 0 unspecified atom stereocenters. The summed E-state index contributed by atoms with van der Waals surface area (Å²) < 4.78 is 25.6. The third-order valence-corrected chi connectivity index (χ3v) is 3.61. The summed E-state index contributed by atoms with van der Waals surface area (Å²) in [6.07, 6.45) is 7.18. The Balaban J connectivity index is 2.37. The van der Waals surface area contributed by atoms with E-state index >= 15 is 0 Å². The van der Waals surface area contributed by atoms with Gasteiger partial charge in [-0.2, -0.15) is 0 Å². The fourth-order valence-corrected chi connectivity index (χ4v) is 2.32. The van der Waals surface area contributed by atoms with Gasteiger partial charge in [-0.25, -0.2) is 13.1 Å². The molecule has 0 amide bonds. The summed E-state index contributed by atoms with van der Waals surface area (Å²) in [6, 6.07) is 3.62. The summed E-state index contributed by atoms with van der Waals surface area (Å²) >= 11 is 5.42. The van der Waals surface area contributed by atoms with Crippen molar-refractivity contribution in [2.45, 2.75) is 6.42 Å². The van der Waals surface area contributed by atoms with Crippen molar-refractivity contribution in [3.05, 3.63) is 42.2 Å². The van der Waals surface area contributed by atoms with Crippen LogP contribution in [0.5, 0.6) is 0 Å². The first-order chi connectivity index (χ1) is 8.14. The molecule has 0 saturated heterocycles. The largest absolute Gasteiger partial charge is 0.265 e. The number of hydrogen-bond donors (Lipinski definition) is 1. The molecule has 1 heterocycles. The highest BCUT2D eigenvalue weighted by Gasteiger charge is 2.08. The van der Waals surface area contributed by atoms with Gasteiger partial charge in [-0.1, -0.05) is 12.2 Å². The van der Waals surface area contributed by atoms with E-state index in [9.17, 15) is 8.42 Å². The number of rotatable bonds is 7. The topological polar surface area (TPSA) is 59.1 Å². The van der Waals surface area contributed by atoms with Crippen molar-refractivity contribution in [3.8, 4) is 0 Å². The first-order valence-electron chi connectivity index (χ1n) is 5.21. The van der Waals surface area contributed by atoms with Crippen molar-refractivity contribution >= 4 is 21.6 Å². The molecule has 0 fully saturated rings. The molecule has 6 heteroatoms. The van der Waals surface area contributed by atoms with E-state index in [0.717, 1.165) is 5.56 Å². The van der Waals surface area contributed by atoms with Gasteiger partial charge in [0, 0.05) is 24.8 Å². The standard InChI is InChI=1S/C11H15ClN2O2S/c12-6-1-2-7-14-17(15,16)10-5-11-3-8-13-9-4-11/h1-4,8-9,14H,5-7,10H2/b2-1+. The van der Waals surface area contributed by atoms with Crippen LogP contribution in [0.4, 0.5) is 0 Å². The van der Waals surface area contributed by atoms with Crippen LogP contribution in [0.2, 0.25) is 0 Å². The van der Waals surface area contributed by atoms with Gasteiger partial charge in [-0.3, -0.25) is 4.98 Å². The molecule has 0 aliphatic rings. The molecule has 0 aliphatic carbocycles. The van der Waals surface area contributed by atoms with E-state index in [4.69, 9.17) is 11.6 Å². The van der Waals surface area contributed by atoms with Crippen molar-refractivity contribution in [1.82, 2.24) is 9.71 Å². The average Bonchev–Trinajstić information content (AvgIpc) is 2.34. The molecule has 0 atom stereocenters. The Hall–Kier alpha value is -0.910. The Kier molecular flexibility index (Phi) is 6.18. The summed E-state index contributed by atoms with van der Waals surface area (Å²) in [5, 5.41) is 0. The van der Waals surface area contributed by atoms with Crippen LogP contribution in [0, 0.1) is 0 Å². The third-order valence-electron chi connectivity index (χ3n) is 2.09. The van der Waals surface area contributed by atoms with E-state index in [2.05, 4.69) is 9.71 Å². The Morgan fingerprint density at radius 1 is 1.29 bits per heavy atom. The fourth-order valence-electron chi connectivity index (χ4n) is 1.20. The zero-order chi connectivity index (χ0) is 12.6. The number of aromatic nitrogens is 1. The van der Waals surface area contributed by atoms with Gasteiger partial charge in [0.05, 0.1) is 5.75 Å². The van der Waals surface area contributed by atoms with Crippen molar-refractivity contribution in [3.63, 3.8) is 0 Å². The number of aryl methyl sites for hydroxylation is 1. The van der Waals surface area contributed by atoms with Crippen LogP contribution in [0.15, 0.2) is 36.7 Å². The van der Waals surface area contributed by atoms with Crippen LogP contribution >= 0.6 is 11.6 Å². The quantitative estimate of drug-likeness (QED) is 0.603. The predicted octanol–water partition coefficient (Wildman–Crippen LogP) is 1.34. The minimum Gasteiger partial charge on any atom is -0.265 e. The molecule has 0 spiro atoms. The second-order valence-corrected chi connectivity index (χ2v) is 5.63. The average molecular weight is 275 g/mol. The number of allylic oxidation sites excluding steroid dienone is 1. The number of pyridine rings is 1. The van der Waals surface area contributed by atoms with Gasteiger partial charge in [0.1, 0.15) is 0 Å². The predicted molar refractivity (Wildman–Crippen MR) is 69.6 cm³/mol. The van der Waals surface area contributed by atoms with Crippen LogP contribution < -0.4 is 4.72 Å². The lowest BCUT2D eigenvalue weighted by molar-refractivity contribution is 0.585. The second-order valence-electron chi connectivity index (χ2n) is 3.40. The first-order valence-corrected chi connectivity index (χ1v) is 7.40. The Bertz CT molecular complexity index is 446. The van der Waals surface area contributed by atoms with Crippen LogP contribution in [0.3, 0.4) is 0 Å². The number of alkyl halides is 1. The smallest absolute Gasteiger partial charge is 0.212 e. The maximum absolute atomic E-state index is 11.6. The molecule has 0 bridgehead atoms. The van der Waals surface area contributed by atoms with Gasteiger partial charge in [-0.05, 0) is 24.1 Å². The molecule has 0 radical (unpaired) electrons. The van der Waals surface area contributed by atoms with Crippen molar-refractivity contribution in [1.29, 1.82) is 0 Å². The fraction of sp³-hybridized carbons (Fsp3) is 0.364. The summed E-state index contributed by atoms with van der Waals surface area (Å²) in [7, 11) is -3.22. The van der Waals surface area contributed by atoms with Gasteiger partial charge in [0.15, 0.2) is 0 Å². The Morgan fingerprint density at radius 3 is 2.65 bits per heavy atom. The number of sulfonamides is 1. The van der Waals surface area contributed by atoms with Crippen molar-refractivity contribution < 1.29 is 8.42 Å². The van der Waals surface area contributed by atoms with E-state index in [1.54, 1.807) is 24.5 Å². The lowest BCUT2D eigenvalue weighted by Crippen LogP contribution is -2.27. The number of halogens is 1. The molecule has 0 saturated carbocycles. The molecular weight excluding hydrogens is 260 g/mol. The van der Waals surface area contributed by atoms with Crippen LogP contribution in [-0.4, -0.2) is 31.6 Å². The first kappa shape index (κ1) is 14.2. The molecule has 1 aromatic heterocycles. The molecule has 0 aliphatic heterocycles. The van der Waals surface area contributed by atoms with Gasteiger partial charge in [0.25, 0.3) is 0 Å². The minimum absolute atomic E-state index is 0.0751. The van der Waals surface area contributed by atoms with Crippen LogP contribution in [0.1, 0.15) is 5.56 Å². The van der Waals surface area contributed by atoms with E-state index in [-0.39, 0.29) is 12.3 Å². The normalized spacial score (nSPS) is 12.1. The summed E-state index contributed by atoms with van der Waals surface area (Å²) in [5.74, 6) is 0.463. The molecule has 1 aromatic rings. The van der Waals surface area contributed by atoms with Crippen molar-refractivity contribution in [2.24, 2.45) is 0 Å². The Labute approximate surface area is 107 Å². The van der Waals surface area contributed by atoms with E-state index in [0.29, 0.717) is 12.3 Å².